The van der Waals surface area contributed by atoms with Crippen LogP contribution in [0.4, 0.5) is 17.1 Å². The fourth-order valence-electron chi connectivity index (χ4n) is 3.70. The zero-order chi connectivity index (χ0) is 23.4. The molecule has 1 amide bonds. The first-order chi connectivity index (χ1) is 15.8. The zero-order valence-electron chi connectivity index (χ0n) is 18.7. The van der Waals surface area contributed by atoms with E-state index < -0.39 is 10.0 Å². The van der Waals surface area contributed by atoms with Crippen LogP contribution < -0.4 is 14.9 Å². The van der Waals surface area contributed by atoms with E-state index in [-0.39, 0.29) is 10.8 Å². The molecule has 0 spiro atoms. The zero-order valence-corrected chi connectivity index (χ0v) is 19.5. The van der Waals surface area contributed by atoms with Gasteiger partial charge in [0.1, 0.15) is 0 Å². The Labute approximate surface area is 194 Å². The summed E-state index contributed by atoms with van der Waals surface area (Å²) in [6.45, 7) is 6.88. The molecule has 1 aliphatic rings. The molecule has 33 heavy (non-hydrogen) atoms. The molecule has 0 aliphatic carbocycles. The van der Waals surface area contributed by atoms with Crippen LogP contribution >= 0.6 is 0 Å². The lowest BCUT2D eigenvalue weighted by atomic mass is 10.1. The third-order valence-corrected chi connectivity index (χ3v) is 6.94. The lowest BCUT2D eigenvalue weighted by Gasteiger charge is -2.28. The van der Waals surface area contributed by atoms with Crippen LogP contribution in [0.3, 0.4) is 0 Å². The molecule has 1 saturated heterocycles. The van der Waals surface area contributed by atoms with Crippen LogP contribution in [0.15, 0.2) is 71.6 Å². The topological polar surface area (TPSA) is 87.7 Å². The van der Waals surface area contributed by atoms with Gasteiger partial charge in [-0.1, -0.05) is 17.7 Å². The van der Waals surface area contributed by atoms with Gasteiger partial charge in [0.05, 0.1) is 23.8 Å². The van der Waals surface area contributed by atoms with Gasteiger partial charge in [0.2, 0.25) is 0 Å². The summed E-state index contributed by atoms with van der Waals surface area (Å²) < 4.78 is 33.5. The molecule has 0 aromatic heterocycles. The highest BCUT2D eigenvalue weighted by molar-refractivity contribution is 7.92. The van der Waals surface area contributed by atoms with Crippen LogP contribution in [0.1, 0.15) is 21.5 Å². The van der Waals surface area contributed by atoms with Gasteiger partial charge in [0.15, 0.2) is 0 Å². The monoisotopic (exact) mass is 465 g/mol. The Morgan fingerprint density at radius 2 is 1.58 bits per heavy atom. The SMILES string of the molecule is Cc1ccc(NS(=O)(=O)c2ccc(NC(=O)c3ccc(N4CCOCC4)cc3)cc2)c(C)c1. The third kappa shape index (κ3) is 5.53. The van der Waals surface area contributed by atoms with Gasteiger partial charge in [-0.15, -0.1) is 0 Å². The van der Waals surface area contributed by atoms with Crippen LogP contribution in [-0.4, -0.2) is 40.6 Å². The summed E-state index contributed by atoms with van der Waals surface area (Å²) in [5.41, 5.74) is 4.55. The smallest absolute Gasteiger partial charge is 0.261 e. The minimum absolute atomic E-state index is 0.121. The number of aryl methyl sites for hydroxylation is 2. The number of hydrogen-bond acceptors (Lipinski definition) is 5. The van der Waals surface area contributed by atoms with Gasteiger partial charge in [-0.3, -0.25) is 9.52 Å². The van der Waals surface area contributed by atoms with E-state index in [1.807, 2.05) is 38.1 Å². The van der Waals surface area contributed by atoms with E-state index in [4.69, 9.17) is 4.74 Å². The minimum Gasteiger partial charge on any atom is -0.378 e. The molecule has 1 heterocycles. The fraction of sp³-hybridized carbons (Fsp3) is 0.240. The van der Waals surface area contributed by atoms with Crippen molar-refractivity contribution in [3.63, 3.8) is 0 Å². The quantitative estimate of drug-likeness (QED) is 0.570. The lowest BCUT2D eigenvalue weighted by Crippen LogP contribution is -2.36. The molecule has 8 heteroatoms. The number of anilines is 3. The van der Waals surface area contributed by atoms with Gasteiger partial charge in [0.25, 0.3) is 15.9 Å². The van der Waals surface area contributed by atoms with Crippen molar-refractivity contribution in [2.75, 3.05) is 41.2 Å². The molecule has 2 N–H and O–H groups in total. The highest BCUT2D eigenvalue weighted by Crippen LogP contribution is 2.22. The summed E-state index contributed by atoms with van der Waals surface area (Å²) >= 11 is 0. The van der Waals surface area contributed by atoms with Gasteiger partial charge in [-0.05, 0) is 74.0 Å². The third-order valence-electron chi connectivity index (χ3n) is 5.55. The molecule has 0 atom stereocenters. The number of nitrogens with one attached hydrogen (secondary N) is 2. The highest BCUT2D eigenvalue weighted by Gasteiger charge is 2.16. The molecule has 3 aromatic rings. The summed E-state index contributed by atoms with van der Waals surface area (Å²) in [5, 5.41) is 2.81. The first kappa shape index (κ1) is 22.8. The van der Waals surface area contributed by atoms with Crippen LogP contribution in [0.2, 0.25) is 0 Å². The van der Waals surface area contributed by atoms with Crippen molar-refractivity contribution >= 4 is 33.0 Å². The van der Waals surface area contributed by atoms with Crippen LogP contribution in [0, 0.1) is 13.8 Å². The molecule has 0 saturated carbocycles. The number of sulfonamides is 1. The lowest BCUT2D eigenvalue weighted by molar-refractivity contribution is 0.102. The molecule has 0 radical (unpaired) electrons. The Morgan fingerprint density at radius 3 is 2.21 bits per heavy atom. The van der Waals surface area contributed by atoms with E-state index in [2.05, 4.69) is 14.9 Å². The Balaban J connectivity index is 1.41. The molecule has 0 bridgehead atoms. The standard InChI is InChI=1S/C25H27N3O4S/c1-18-3-12-24(19(2)17-18)27-33(30,31)23-10-6-21(7-11-23)26-25(29)20-4-8-22(9-5-20)28-13-15-32-16-14-28/h3-12,17,27H,13-16H2,1-2H3,(H,26,29). The van der Waals surface area contributed by atoms with Crippen LogP contribution in [-0.2, 0) is 14.8 Å². The predicted molar refractivity (Wildman–Crippen MR) is 131 cm³/mol. The van der Waals surface area contributed by atoms with Gasteiger partial charge in [-0.2, -0.15) is 0 Å². The number of benzene rings is 3. The second kappa shape index (κ2) is 9.64. The molecule has 1 aliphatic heterocycles. The van der Waals surface area contributed by atoms with E-state index in [1.54, 1.807) is 30.3 Å². The van der Waals surface area contributed by atoms with E-state index >= 15 is 0 Å². The Morgan fingerprint density at radius 1 is 0.909 bits per heavy atom. The highest BCUT2D eigenvalue weighted by atomic mass is 32.2. The number of hydrogen-bond donors (Lipinski definition) is 2. The summed E-state index contributed by atoms with van der Waals surface area (Å²) in [4.78, 5) is 15.0. The second-order valence-corrected chi connectivity index (χ2v) is 9.73. The first-order valence-corrected chi connectivity index (χ1v) is 12.2. The van der Waals surface area contributed by atoms with E-state index in [0.29, 0.717) is 30.2 Å². The number of morpholine rings is 1. The van der Waals surface area contributed by atoms with Crippen LogP contribution in [0.5, 0.6) is 0 Å². The van der Waals surface area contributed by atoms with E-state index in [1.165, 1.54) is 12.1 Å². The molecule has 3 aromatic carbocycles. The van der Waals surface area contributed by atoms with Crippen molar-refractivity contribution < 1.29 is 17.9 Å². The maximum atomic E-state index is 12.7. The van der Waals surface area contributed by atoms with Crippen molar-refractivity contribution in [3.05, 3.63) is 83.4 Å². The molecule has 4 rings (SSSR count). The number of ether oxygens (including phenoxy) is 1. The molecule has 1 fully saturated rings. The maximum absolute atomic E-state index is 12.7. The summed E-state index contributed by atoms with van der Waals surface area (Å²) in [5.74, 6) is -0.257. The van der Waals surface area contributed by atoms with Crippen molar-refractivity contribution in [2.24, 2.45) is 0 Å². The molecule has 0 unspecified atom stereocenters. The largest absolute Gasteiger partial charge is 0.378 e. The number of carbonyl (C=O) groups is 1. The van der Waals surface area contributed by atoms with Gasteiger partial charge < -0.3 is 15.0 Å². The Bertz CT molecular complexity index is 1230. The van der Waals surface area contributed by atoms with Gasteiger partial charge in [-0.25, -0.2) is 8.42 Å². The molecule has 7 nitrogen and oxygen atoms in total. The van der Waals surface area contributed by atoms with E-state index in [9.17, 15) is 13.2 Å². The molecule has 172 valence electrons. The predicted octanol–water partition coefficient (Wildman–Crippen LogP) is 4.19. The van der Waals surface area contributed by atoms with Crippen LogP contribution in [0.25, 0.3) is 0 Å². The summed E-state index contributed by atoms with van der Waals surface area (Å²) in [6, 6.07) is 19.1. The normalized spacial score (nSPS) is 14.1. The minimum atomic E-state index is -3.74. The van der Waals surface area contributed by atoms with Crippen molar-refractivity contribution in [1.29, 1.82) is 0 Å². The van der Waals surface area contributed by atoms with Crippen molar-refractivity contribution in [1.82, 2.24) is 0 Å². The number of rotatable bonds is 6. The van der Waals surface area contributed by atoms with E-state index in [0.717, 1.165) is 29.9 Å². The summed E-state index contributed by atoms with van der Waals surface area (Å²) in [6.07, 6.45) is 0. The van der Waals surface area contributed by atoms with Gasteiger partial charge >= 0.3 is 0 Å². The average molecular weight is 466 g/mol. The number of carbonyl (C=O) groups excluding carboxylic acids is 1. The molecular weight excluding hydrogens is 438 g/mol. The average Bonchev–Trinajstić information content (AvgIpc) is 2.82. The molecular formula is C25H27N3O4S. The Kier molecular flexibility index (Phi) is 6.67. The number of amides is 1. The van der Waals surface area contributed by atoms with Crippen molar-refractivity contribution in [2.45, 2.75) is 18.7 Å². The second-order valence-electron chi connectivity index (χ2n) is 8.05. The van der Waals surface area contributed by atoms with Crippen molar-refractivity contribution in [3.8, 4) is 0 Å². The maximum Gasteiger partial charge on any atom is 0.261 e. The fourth-order valence-corrected chi connectivity index (χ4v) is 4.83. The Hall–Kier alpha value is -3.36. The first-order valence-electron chi connectivity index (χ1n) is 10.8. The number of nitrogens with zero attached hydrogens (tertiary/aromatic N) is 1. The van der Waals surface area contributed by atoms with Gasteiger partial charge in [0, 0.05) is 30.0 Å². The summed E-state index contributed by atoms with van der Waals surface area (Å²) in [7, 11) is -3.74.